The fraction of sp³-hybridized carbons (Fsp3) is 0.464. The molecule has 2 aromatic rings. The largest absolute Gasteiger partial charge is 0.493 e. The molecule has 4 rings (SSSR count). The Morgan fingerprint density at radius 2 is 1.82 bits per heavy atom. The van der Waals surface area contributed by atoms with Crippen LogP contribution in [0.25, 0.3) is 0 Å². The van der Waals surface area contributed by atoms with Crippen LogP contribution >= 0.6 is 11.6 Å². The maximum Gasteiger partial charge on any atom is 0.310 e. The molecule has 2 atom stereocenters. The number of nitrogens with zero attached hydrogens (tertiary/aromatic N) is 2. The monoisotopic (exact) mass is 544 g/mol. The van der Waals surface area contributed by atoms with Gasteiger partial charge in [-0.05, 0) is 29.7 Å². The Labute approximate surface area is 227 Å². The summed E-state index contributed by atoms with van der Waals surface area (Å²) in [7, 11) is 3.06. The van der Waals surface area contributed by atoms with E-state index in [9.17, 15) is 19.5 Å². The molecule has 0 bridgehead atoms. The zero-order valence-corrected chi connectivity index (χ0v) is 22.9. The summed E-state index contributed by atoms with van der Waals surface area (Å²) in [4.78, 5) is 41.5. The molecule has 0 aliphatic carbocycles. The standard InChI is InChI=1S/C28H33ClN2O7/c1-28(2,3)15-31-20-10-9-17(29)11-19(20)24(18-7-6-8-21(36-4)25(18)37-5)38-22(26(31)33)12-23(32)30-13-16(14-30)27(34)35/h6-11,16,22,24H,12-15H2,1-5H3,(H,34,35). The highest BCUT2D eigenvalue weighted by Crippen LogP contribution is 2.45. The van der Waals surface area contributed by atoms with Gasteiger partial charge in [-0.15, -0.1) is 0 Å². The van der Waals surface area contributed by atoms with Gasteiger partial charge in [0.05, 0.1) is 26.6 Å². The van der Waals surface area contributed by atoms with Crippen molar-refractivity contribution in [3.63, 3.8) is 0 Å². The molecule has 2 aliphatic heterocycles. The average Bonchev–Trinajstić information content (AvgIpc) is 2.91. The van der Waals surface area contributed by atoms with Gasteiger partial charge in [-0.2, -0.15) is 0 Å². The van der Waals surface area contributed by atoms with Crippen LogP contribution in [0.3, 0.4) is 0 Å². The summed E-state index contributed by atoms with van der Waals surface area (Å²) >= 11 is 6.44. The number of anilines is 1. The lowest BCUT2D eigenvalue weighted by Gasteiger charge is -2.37. The van der Waals surface area contributed by atoms with Crippen LogP contribution in [0.5, 0.6) is 11.5 Å². The molecular weight excluding hydrogens is 512 g/mol. The van der Waals surface area contributed by atoms with E-state index in [-0.39, 0.29) is 36.7 Å². The fourth-order valence-corrected chi connectivity index (χ4v) is 5.01. The highest BCUT2D eigenvalue weighted by Gasteiger charge is 2.42. The van der Waals surface area contributed by atoms with Crippen LogP contribution in [0.2, 0.25) is 5.02 Å². The molecule has 2 aliphatic rings. The van der Waals surface area contributed by atoms with Crippen LogP contribution in [0.15, 0.2) is 36.4 Å². The summed E-state index contributed by atoms with van der Waals surface area (Å²) in [6.07, 6.45) is -2.15. The summed E-state index contributed by atoms with van der Waals surface area (Å²) in [6.45, 7) is 6.68. The minimum absolute atomic E-state index is 0.115. The van der Waals surface area contributed by atoms with Crippen molar-refractivity contribution in [1.29, 1.82) is 0 Å². The molecule has 0 spiro atoms. The number of amides is 2. The highest BCUT2D eigenvalue weighted by atomic mass is 35.5. The molecule has 2 heterocycles. The SMILES string of the molecule is COc1cccc(C2OC(CC(=O)N3CC(C(=O)O)C3)C(=O)N(CC(C)(C)C)c3ccc(Cl)cc32)c1OC. The Kier molecular flexibility index (Phi) is 7.90. The van der Waals surface area contributed by atoms with Gasteiger partial charge < -0.3 is 29.1 Å². The Bertz CT molecular complexity index is 1240. The van der Waals surface area contributed by atoms with E-state index in [1.807, 2.05) is 26.8 Å². The highest BCUT2D eigenvalue weighted by molar-refractivity contribution is 6.30. The van der Waals surface area contributed by atoms with Crippen molar-refractivity contribution in [3.05, 3.63) is 52.5 Å². The molecule has 2 unspecified atom stereocenters. The first-order chi connectivity index (χ1) is 17.9. The topological polar surface area (TPSA) is 106 Å². The third-order valence-electron chi connectivity index (χ3n) is 6.70. The number of halogens is 1. The number of para-hydroxylation sites is 1. The first-order valence-corrected chi connectivity index (χ1v) is 12.8. The van der Waals surface area contributed by atoms with Crippen molar-refractivity contribution in [3.8, 4) is 11.5 Å². The normalized spacial score (nSPS) is 19.9. The van der Waals surface area contributed by atoms with Gasteiger partial charge in [0.1, 0.15) is 12.2 Å². The van der Waals surface area contributed by atoms with E-state index in [2.05, 4.69) is 0 Å². The fourth-order valence-electron chi connectivity index (χ4n) is 4.83. The number of aliphatic carboxylic acids is 1. The predicted octanol–water partition coefficient (Wildman–Crippen LogP) is 4.16. The zero-order chi connectivity index (χ0) is 27.8. The Balaban J connectivity index is 1.80. The second kappa shape index (κ2) is 10.8. The Morgan fingerprint density at radius 1 is 1.11 bits per heavy atom. The van der Waals surface area contributed by atoms with Crippen molar-refractivity contribution in [2.45, 2.75) is 39.4 Å². The van der Waals surface area contributed by atoms with Gasteiger partial charge in [-0.1, -0.05) is 44.5 Å². The Morgan fingerprint density at radius 3 is 2.42 bits per heavy atom. The molecular formula is C28H33ClN2O7. The van der Waals surface area contributed by atoms with E-state index < -0.39 is 24.1 Å². The summed E-state index contributed by atoms with van der Waals surface area (Å²) in [5, 5.41) is 9.67. The number of carboxylic acid groups (broad SMARTS) is 1. The zero-order valence-electron chi connectivity index (χ0n) is 22.2. The molecule has 38 heavy (non-hydrogen) atoms. The molecule has 1 saturated heterocycles. The van der Waals surface area contributed by atoms with E-state index in [0.717, 1.165) is 0 Å². The van der Waals surface area contributed by atoms with Crippen LogP contribution in [0.4, 0.5) is 5.69 Å². The van der Waals surface area contributed by atoms with Crippen molar-refractivity contribution >= 4 is 35.1 Å². The average molecular weight is 545 g/mol. The van der Waals surface area contributed by atoms with Crippen LogP contribution in [0, 0.1) is 11.3 Å². The van der Waals surface area contributed by atoms with Crippen LogP contribution < -0.4 is 14.4 Å². The maximum atomic E-state index is 14.0. The van der Waals surface area contributed by atoms with E-state index in [4.69, 9.17) is 25.8 Å². The molecule has 2 aromatic carbocycles. The number of likely N-dealkylation sites (tertiary alicyclic amines) is 1. The number of benzene rings is 2. The van der Waals surface area contributed by atoms with Crippen LogP contribution in [-0.4, -0.2) is 67.7 Å². The molecule has 1 fully saturated rings. The van der Waals surface area contributed by atoms with Crippen molar-refractivity contribution in [2.75, 3.05) is 38.8 Å². The molecule has 0 aromatic heterocycles. The summed E-state index contributed by atoms with van der Waals surface area (Å²) in [5.74, 6) is -1.28. The number of carboxylic acids is 1. The lowest BCUT2D eigenvalue weighted by Crippen LogP contribution is -2.54. The first-order valence-electron chi connectivity index (χ1n) is 12.4. The van der Waals surface area contributed by atoms with Crippen molar-refractivity contribution in [1.82, 2.24) is 4.90 Å². The van der Waals surface area contributed by atoms with Crippen molar-refractivity contribution < 1.29 is 33.7 Å². The molecule has 2 amide bonds. The number of methoxy groups -OCH3 is 2. The minimum Gasteiger partial charge on any atom is -0.493 e. The lowest BCUT2D eigenvalue weighted by atomic mass is 9.94. The van der Waals surface area contributed by atoms with Crippen LogP contribution in [-0.2, 0) is 19.1 Å². The van der Waals surface area contributed by atoms with Gasteiger partial charge >= 0.3 is 5.97 Å². The molecule has 0 saturated carbocycles. The first kappa shape index (κ1) is 27.7. The van der Waals surface area contributed by atoms with Gasteiger partial charge in [-0.25, -0.2) is 0 Å². The number of hydrogen-bond donors (Lipinski definition) is 1. The maximum absolute atomic E-state index is 14.0. The number of carbonyl (C=O) groups is 3. The number of ether oxygens (including phenoxy) is 3. The van der Waals surface area contributed by atoms with Crippen molar-refractivity contribution in [2.24, 2.45) is 11.3 Å². The Hall–Kier alpha value is -3.30. The van der Waals surface area contributed by atoms with Gasteiger partial charge in [0.15, 0.2) is 11.5 Å². The second-order valence-corrected chi connectivity index (χ2v) is 11.3. The number of hydrogen-bond acceptors (Lipinski definition) is 6. The van der Waals surface area contributed by atoms with E-state index in [0.29, 0.717) is 39.9 Å². The molecule has 1 N–H and O–H groups in total. The molecule has 10 heteroatoms. The van der Waals surface area contributed by atoms with Crippen LogP contribution in [0.1, 0.15) is 44.4 Å². The third-order valence-corrected chi connectivity index (χ3v) is 6.93. The van der Waals surface area contributed by atoms with Gasteiger partial charge in [0, 0.05) is 41.5 Å². The predicted molar refractivity (Wildman–Crippen MR) is 142 cm³/mol. The van der Waals surface area contributed by atoms with E-state index in [1.165, 1.54) is 19.1 Å². The summed E-state index contributed by atoms with van der Waals surface area (Å²) < 4.78 is 17.7. The smallest absolute Gasteiger partial charge is 0.310 e. The van der Waals surface area contributed by atoms with E-state index in [1.54, 1.807) is 35.2 Å². The minimum atomic E-state index is -1.12. The second-order valence-electron chi connectivity index (χ2n) is 10.8. The lowest BCUT2D eigenvalue weighted by molar-refractivity contribution is -0.155. The number of rotatable bonds is 7. The molecule has 204 valence electrons. The quantitative estimate of drug-likeness (QED) is 0.558. The molecule has 0 radical (unpaired) electrons. The van der Waals surface area contributed by atoms with Gasteiger partial charge in [0.2, 0.25) is 5.91 Å². The number of fused-ring (bicyclic) bond motifs is 1. The summed E-state index contributed by atoms with van der Waals surface area (Å²) in [5.41, 5.74) is 1.65. The third kappa shape index (κ3) is 5.59. The summed E-state index contributed by atoms with van der Waals surface area (Å²) in [6, 6.07) is 10.7. The van der Waals surface area contributed by atoms with Gasteiger partial charge in [-0.3, -0.25) is 14.4 Å². The van der Waals surface area contributed by atoms with E-state index >= 15 is 0 Å². The number of carbonyl (C=O) groups excluding carboxylic acids is 2. The molecule has 9 nitrogen and oxygen atoms in total. The van der Waals surface area contributed by atoms with Gasteiger partial charge in [0.25, 0.3) is 5.91 Å².